The lowest BCUT2D eigenvalue weighted by Crippen LogP contribution is -2.01. The average Bonchev–Trinajstić information content (AvgIpc) is 3.61. The molecule has 0 unspecified atom stereocenters. The normalized spacial score (nSPS) is 11.5. The van der Waals surface area contributed by atoms with Gasteiger partial charge in [-0.05, 0) is 68.7 Å². The zero-order chi connectivity index (χ0) is 37.7. The number of fused-ring (bicyclic) bond motifs is 5. The molecule has 11 rings (SSSR count). The highest BCUT2D eigenvalue weighted by molar-refractivity contribution is 6.15. The van der Waals surface area contributed by atoms with E-state index in [0.717, 1.165) is 44.3 Å². The van der Waals surface area contributed by atoms with Gasteiger partial charge in [-0.3, -0.25) is 0 Å². The summed E-state index contributed by atoms with van der Waals surface area (Å²) in [5, 5.41) is 7.12. The first-order valence-corrected chi connectivity index (χ1v) is 19.3. The number of benzene rings is 9. The predicted molar refractivity (Wildman–Crippen MR) is 236 cm³/mol. The molecular formula is C53H34N4. The average molecular weight is 727 g/mol. The van der Waals surface area contributed by atoms with Gasteiger partial charge in [-0.1, -0.05) is 176 Å². The molecule has 2 aromatic heterocycles. The van der Waals surface area contributed by atoms with Gasteiger partial charge in [0.15, 0.2) is 17.5 Å². The Kier molecular flexibility index (Phi) is 7.78. The third kappa shape index (κ3) is 5.74. The van der Waals surface area contributed by atoms with Crippen molar-refractivity contribution >= 4 is 43.4 Å². The third-order valence-corrected chi connectivity index (χ3v) is 11.1. The van der Waals surface area contributed by atoms with E-state index in [-0.39, 0.29) is 0 Å². The van der Waals surface area contributed by atoms with E-state index in [0.29, 0.717) is 17.5 Å². The van der Waals surface area contributed by atoms with Crippen molar-refractivity contribution in [1.29, 1.82) is 0 Å². The van der Waals surface area contributed by atoms with Crippen molar-refractivity contribution in [1.82, 2.24) is 19.5 Å². The first-order valence-electron chi connectivity index (χ1n) is 19.3. The molecule has 9 aromatic carbocycles. The summed E-state index contributed by atoms with van der Waals surface area (Å²) in [6.07, 6.45) is 0. The summed E-state index contributed by atoms with van der Waals surface area (Å²) in [5.74, 6) is 1.90. The second kappa shape index (κ2) is 13.6. The van der Waals surface area contributed by atoms with E-state index in [1.165, 1.54) is 43.7 Å². The van der Waals surface area contributed by atoms with Crippen LogP contribution in [0.5, 0.6) is 0 Å². The van der Waals surface area contributed by atoms with Crippen LogP contribution in [0.4, 0.5) is 0 Å². The van der Waals surface area contributed by atoms with Crippen molar-refractivity contribution < 1.29 is 0 Å². The molecule has 4 heteroatoms. The Morgan fingerprint density at radius 1 is 0.281 bits per heavy atom. The highest BCUT2D eigenvalue weighted by Gasteiger charge is 2.19. The molecular weight excluding hydrogens is 693 g/mol. The van der Waals surface area contributed by atoms with Crippen LogP contribution >= 0.6 is 0 Å². The molecule has 0 atom stereocenters. The van der Waals surface area contributed by atoms with Gasteiger partial charge in [0.2, 0.25) is 0 Å². The Hall–Kier alpha value is -7.69. The van der Waals surface area contributed by atoms with Gasteiger partial charge in [0, 0.05) is 32.8 Å². The Morgan fingerprint density at radius 2 is 0.737 bits per heavy atom. The number of nitrogens with zero attached hydrogens (tertiary/aromatic N) is 4. The smallest absolute Gasteiger partial charge is 0.164 e. The molecule has 4 nitrogen and oxygen atoms in total. The van der Waals surface area contributed by atoms with Crippen LogP contribution in [-0.4, -0.2) is 19.5 Å². The molecule has 57 heavy (non-hydrogen) atoms. The minimum Gasteiger partial charge on any atom is -0.309 e. The number of hydrogen-bond donors (Lipinski definition) is 0. The predicted octanol–water partition coefficient (Wildman–Crippen LogP) is 13.6. The van der Waals surface area contributed by atoms with Gasteiger partial charge >= 0.3 is 0 Å². The summed E-state index contributed by atoms with van der Waals surface area (Å²) in [4.78, 5) is 15.4. The van der Waals surface area contributed by atoms with Gasteiger partial charge < -0.3 is 4.57 Å². The van der Waals surface area contributed by atoms with Crippen molar-refractivity contribution in [2.24, 2.45) is 0 Å². The van der Waals surface area contributed by atoms with Gasteiger partial charge in [-0.25, -0.2) is 15.0 Å². The largest absolute Gasteiger partial charge is 0.309 e. The molecule has 266 valence electrons. The molecule has 0 aliphatic rings. The van der Waals surface area contributed by atoms with Gasteiger partial charge in [0.1, 0.15) is 0 Å². The number of rotatable bonds is 6. The molecule has 11 aromatic rings. The maximum absolute atomic E-state index is 5.19. The summed E-state index contributed by atoms with van der Waals surface area (Å²) in [6.45, 7) is 0. The van der Waals surface area contributed by atoms with E-state index in [1.54, 1.807) is 0 Å². The molecule has 0 aliphatic heterocycles. The summed E-state index contributed by atoms with van der Waals surface area (Å²) in [6, 6.07) is 72.8. The minimum atomic E-state index is 0.632. The van der Waals surface area contributed by atoms with Gasteiger partial charge in [-0.2, -0.15) is 0 Å². The molecule has 2 heterocycles. The fourth-order valence-electron chi connectivity index (χ4n) is 8.23. The van der Waals surface area contributed by atoms with Crippen LogP contribution in [0.3, 0.4) is 0 Å². The fraction of sp³-hybridized carbons (Fsp3) is 0. The Morgan fingerprint density at radius 3 is 1.39 bits per heavy atom. The SMILES string of the molecule is c1ccc(-c2ccc(-c3ccc(-c4nc(-c5ccccc5)nc(-c5ccc(-n6c7ccccc7c7cc8ccccc8cc76)c6ccccc56)n4)cc3)cc2)cc1. The lowest BCUT2D eigenvalue weighted by Gasteiger charge is -2.15. The summed E-state index contributed by atoms with van der Waals surface area (Å²) in [5.41, 5.74) is 11.0. The van der Waals surface area contributed by atoms with Crippen molar-refractivity contribution in [3.63, 3.8) is 0 Å². The Balaban J connectivity index is 1.04. The van der Waals surface area contributed by atoms with Crippen LogP contribution in [0, 0.1) is 0 Å². The molecule has 0 amide bonds. The van der Waals surface area contributed by atoms with Crippen LogP contribution in [0.2, 0.25) is 0 Å². The first kappa shape index (κ1) is 32.7. The van der Waals surface area contributed by atoms with Crippen molar-refractivity contribution in [2.75, 3.05) is 0 Å². The third-order valence-electron chi connectivity index (χ3n) is 11.1. The topological polar surface area (TPSA) is 43.6 Å². The summed E-state index contributed by atoms with van der Waals surface area (Å²) >= 11 is 0. The lowest BCUT2D eigenvalue weighted by atomic mass is 9.99. The van der Waals surface area contributed by atoms with Crippen molar-refractivity contribution in [3.05, 3.63) is 206 Å². The molecule has 0 aliphatic carbocycles. The Labute approximate surface area is 330 Å². The fourth-order valence-corrected chi connectivity index (χ4v) is 8.23. The van der Waals surface area contributed by atoms with E-state index in [2.05, 4.69) is 187 Å². The lowest BCUT2D eigenvalue weighted by molar-refractivity contribution is 1.08. The summed E-state index contributed by atoms with van der Waals surface area (Å²) < 4.78 is 2.41. The van der Waals surface area contributed by atoms with Gasteiger partial charge in [0.05, 0.1) is 16.7 Å². The van der Waals surface area contributed by atoms with Crippen LogP contribution in [0.25, 0.3) is 105 Å². The molecule has 0 bridgehead atoms. The number of para-hydroxylation sites is 1. The van der Waals surface area contributed by atoms with E-state index in [9.17, 15) is 0 Å². The van der Waals surface area contributed by atoms with Gasteiger partial charge in [0.25, 0.3) is 0 Å². The van der Waals surface area contributed by atoms with Crippen LogP contribution in [0.15, 0.2) is 206 Å². The van der Waals surface area contributed by atoms with E-state index >= 15 is 0 Å². The monoisotopic (exact) mass is 726 g/mol. The quantitative estimate of drug-likeness (QED) is 0.171. The maximum Gasteiger partial charge on any atom is 0.164 e. The van der Waals surface area contributed by atoms with Crippen molar-refractivity contribution in [2.45, 2.75) is 0 Å². The second-order valence-electron chi connectivity index (χ2n) is 14.4. The van der Waals surface area contributed by atoms with E-state index in [1.807, 2.05) is 24.3 Å². The molecule has 0 N–H and O–H groups in total. The van der Waals surface area contributed by atoms with Crippen LogP contribution < -0.4 is 0 Å². The van der Waals surface area contributed by atoms with E-state index < -0.39 is 0 Å². The second-order valence-corrected chi connectivity index (χ2v) is 14.4. The maximum atomic E-state index is 5.19. The minimum absolute atomic E-state index is 0.632. The molecule has 0 radical (unpaired) electrons. The van der Waals surface area contributed by atoms with Crippen LogP contribution in [-0.2, 0) is 0 Å². The summed E-state index contributed by atoms with van der Waals surface area (Å²) in [7, 11) is 0. The van der Waals surface area contributed by atoms with Crippen molar-refractivity contribution in [3.8, 4) is 62.1 Å². The molecule has 0 fully saturated rings. The Bertz CT molecular complexity index is 3260. The number of hydrogen-bond acceptors (Lipinski definition) is 3. The molecule has 0 saturated heterocycles. The van der Waals surface area contributed by atoms with Gasteiger partial charge in [-0.15, -0.1) is 0 Å². The standard InChI is InChI=1S/C53H34N4/c1-3-13-35(14-4-1)36-23-25-37(26-24-36)38-27-29-40(30-28-38)52-54-51(39-15-5-2-6-16-39)55-53(56-52)46-31-32-49(44-20-10-9-19-43(44)46)57-48-22-12-11-21-45(48)47-33-41-17-7-8-18-42(41)34-50(47)57/h1-34H. The number of aromatic nitrogens is 4. The zero-order valence-electron chi connectivity index (χ0n) is 30.9. The molecule has 0 saturated carbocycles. The first-order chi connectivity index (χ1) is 28.2. The highest BCUT2D eigenvalue weighted by Crippen LogP contribution is 2.39. The molecule has 0 spiro atoms. The highest BCUT2D eigenvalue weighted by atomic mass is 15.0. The van der Waals surface area contributed by atoms with Crippen LogP contribution in [0.1, 0.15) is 0 Å². The zero-order valence-corrected chi connectivity index (χ0v) is 30.9. The van der Waals surface area contributed by atoms with E-state index in [4.69, 9.17) is 15.0 Å².